The fraction of sp³-hybridized carbons (Fsp3) is 0.0588. The molecule has 0 aliphatic rings. The minimum absolute atomic E-state index is 0.150. The lowest BCUT2D eigenvalue weighted by Crippen LogP contribution is -2.16. The number of carbonyl (C=O) groups is 2. The van der Waals surface area contributed by atoms with E-state index in [0.29, 0.717) is 16.5 Å². The molecule has 0 bridgehead atoms. The highest BCUT2D eigenvalue weighted by molar-refractivity contribution is 6.31. The Hall–Kier alpha value is -2.79. The van der Waals surface area contributed by atoms with Crippen LogP contribution in [0.25, 0.3) is 6.08 Å². The molecule has 5 nitrogen and oxygen atoms in total. The highest BCUT2D eigenvalue weighted by atomic mass is 35.5. The molecule has 23 heavy (non-hydrogen) atoms. The molecule has 2 amide bonds. The van der Waals surface area contributed by atoms with E-state index < -0.39 is 11.8 Å². The van der Waals surface area contributed by atoms with Gasteiger partial charge in [0.05, 0.1) is 18.4 Å². The molecule has 0 radical (unpaired) electrons. The van der Waals surface area contributed by atoms with E-state index in [1.165, 1.54) is 18.2 Å². The van der Waals surface area contributed by atoms with E-state index in [9.17, 15) is 9.59 Å². The summed E-state index contributed by atoms with van der Waals surface area (Å²) in [6.07, 6.45) is 2.96. The zero-order valence-electron chi connectivity index (χ0n) is 12.4. The molecule has 0 aromatic heterocycles. The van der Waals surface area contributed by atoms with Gasteiger partial charge >= 0.3 is 0 Å². The van der Waals surface area contributed by atoms with Gasteiger partial charge in [0.15, 0.2) is 0 Å². The minimum Gasteiger partial charge on any atom is -0.496 e. The molecule has 0 spiro atoms. The van der Waals surface area contributed by atoms with E-state index in [1.807, 2.05) is 18.2 Å². The molecule has 0 unspecified atom stereocenters. The maximum atomic E-state index is 12.0. The average Bonchev–Trinajstić information content (AvgIpc) is 2.54. The summed E-state index contributed by atoms with van der Waals surface area (Å²) in [5.41, 5.74) is 6.49. The zero-order valence-corrected chi connectivity index (χ0v) is 13.1. The lowest BCUT2D eigenvalue weighted by Gasteiger charge is -2.08. The summed E-state index contributed by atoms with van der Waals surface area (Å²) in [6.45, 7) is 0. The molecule has 0 saturated carbocycles. The lowest BCUT2D eigenvalue weighted by atomic mass is 10.1. The van der Waals surface area contributed by atoms with E-state index in [0.717, 1.165) is 5.56 Å². The number of carbonyl (C=O) groups excluding carboxylic acids is 2. The van der Waals surface area contributed by atoms with E-state index >= 15 is 0 Å². The Kier molecular flexibility index (Phi) is 5.38. The van der Waals surface area contributed by atoms with Crippen molar-refractivity contribution >= 4 is 35.2 Å². The summed E-state index contributed by atoms with van der Waals surface area (Å²) in [6, 6.07) is 11.8. The largest absolute Gasteiger partial charge is 0.496 e. The summed E-state index contributed by atoms with van der Waals surface area (Å²) in [5, 5.41) is 2.96. The summed E-state index contributed by atoms with van der Waals surface area (Å²) in [4.78, 5) is 23.4. The second-order valence-electron chi connectivity index (χ2n) is 4.62. The molecule has 3 N–H and O–H groups in total. The number of nitrogens with two attached hydrogens (primary N) is 1. The highest BCUT2D eigenvalue weighted by Crippen LogP contribution is 2.21. The van der Waals surface area contributed by atoms with Crippen LogP contribution in [0.4, 0.5) is 5.69 Å². The van der Waals surface area contributed by atoms with Crippen molar-refractivity contribution in [3.8, 4) is 5.75 Å². The first kappa shape index (κ1) is 16.6. The Bertz CT molecular complexity index is 772. The third-order valence-corrected chi connectivity index (χ3v) is 3.29. The van der Waals surface area contributed by atoms with Crippen LogP contribution in [0.15, 0.2) is 48.5 Å². The Balaban J connectivity index is 2.17. The number of hydrogen-bond donors (Lipinski definition) is 2. The van der Waals surface area contributed by atoms with Crippen molar-refractivity contribution in [3.63, 3.8) is 0 Å². The van der Waals surface area contributed by atoms with Gasteiger partial charge in [-0.3, -0.25) is 9.59 Å². The summed E-state index contributed by atoms with van der Waals surface area (Å²) in [5.74, 6) is -0.418. The first-order valence-corrected chi connectivity index (χ1v) is 7.10. The number of halogens is 1. The van der Waals surface area contributed by atoms with Crippen molar-refractivity contribution in [1.82, 2.24) is 0 Å². The molecule has 0 aliphatic carbocycles. The Labute approximate surface area is 138 Å². The maximum absolute atomic E-state index is 12.0. The van der Waals surface area contributed by atoms with Gasteiger partial charge in [0.2, 0.25) is 5.91 Å². The van der Waals surface area contributed by atoms with Gasteiger partial charge in [0.1, 0.15) is 5.75 Å². The molecule has 0 saturated heterocycles. The Morgan fingerprint density at radius 1 is 1.22 bits per heavy atom. The molecule has 6 heteroatoms. The number of anilines is 1. The molecule has 0 aliphatic heterocycles. The molecule has 2 aromatic carbocycles. The van der Waals surface area contributed by atoms with Gasteiger partial charge in [-0.1, -0.05) is 29.8 Å². The van der Waals surface area contributed by atoms with Crippen molar-refractivity contribution < 1.29 is 14.3 Å². The monoisotopic (exact) mass is 330 g/mol. The number of amides is 2. The first-order valence-electron chi connectivity index (χ1n) is 6.72. The molecule has 2 aromatic rings. The van der Waals surface area contributed by atoms with Gasteiger partial charge in [0.25, 0.3) is 5.91 Å². The van der Waals surface area contributed by atoms with Gasteiger partial charge < -0.3 is 15.8 Å². The standard InChI is InChI=1S/C17H15ClN2O3/c1-23-15-5-3-2-4-11(15)6-9-16(21)20-14-8-7-12(18)10-13(14)17(19)22/h2-10H,1H3,(H2,19,22)(H,20,21)/b9-6+. The lowest BCUT2D eigenvalue weighted by molar-refractivity contribution is -0.111. The van der Waals surface area contributed by atoms with Crippen LogP contribution in [0.2, 0.25) is 5.02 Å². The fourth-order valence-corrected chi connectivity index (χ4v) is 2.15. The predicted molar refractivity (Wildman–Crippen MR) is 90.6 cm³/mol. The fourth-order valence-electron chi connectivity index (χ4n) is 1.97. The van der Waals surface area contributed by atoms with Crippen molar-refractivity contribution in [2.75, 3.05) is 12.4 Å². The number of benzene rings is 2. The Morgan fingerprint density at radius 2 is 1.96 bits per heavy atom. The second kappa shape index (κ2) is 7.47. The van der Waals surface area contributed by atoms with Crippen molar-refractivity contribution in [1.29, 1.82) is 0 Å². The van der Waals surface area contributed by atoms with Crippen LogP contribution in [-0.2, 0) is 4.79 Å². The van der Waals surface area contributed by atoms with Gasteiger partial charge in [-0.2, -0.15) is 0 Å². The predicted octanol–water partition coefficient (Wildman–Crippen LogP) is 3.10. The molecular weight excluding hydrogens is 316 g/mol. The first-order chi connectivity index (χ1) is 11.0. The van der Waals surface area contributed by atoms with Crippen LogP contribution in [-0.4, -0.2) is 18.9 Å². The summed E-state index contributed by atoms with van der Waals surface area (Å²) < 4.78 is 5.20. The van der Waals surface area contributed by atoms with Crippen LogP contribution in [0.1, 0.15) is 15.9 Å². The van der Waals surface area contributed by atoms with Crippen molar-refractivity contribution in [2.24, 2.45) is 5.73 Å². The van der Waals surface area contributed by atoms with Gasteiger partial charge in [-0.05, 0) is 30.3 Å². The van der Waals surface area contributed by atoms with Crippen molar-refractivity contribution in [3.05, 3.63) is 64.7 Å². The van der Waals surface area contributed by atoms with Crippen molar-refractivity contribution in [2.45, 2.75) is 0 Å². The topological polar surface area (TPSA) is 81.4 Å². The van der Waals surface area contributed by atoms with Crippen LogP contribution >= 0.6 is 11.6 Å². The molecule has 0 heterocycles. The average molecular weight is 331 g/mol. The molecule has 0 fully saturated rings. The number of hydrogen-bond acceptors (Lipinski definition) is 3. The number of para-hydroxylation sites is 1. The second-order valence-corrected chi connectivity index (χ2v) is 5.06. The van der Waals surface area contributed by atoms with Crippen LogP contribution < -0.4 is 15.8 Å². The number of nitrogens with one attached hydrogen (secondary N) is 1. The normalized spacial score (nSPS) is 10.5. The molecule has 2 rings (SSSR count). The van der Waals surface area contributed by atoms with Crippen LogP contribution in [0.5, 0.6) is 5.75 Å². The van der Waals surface area contributed by atoms with Gasteiger partial charge in [-0.15, -0.1) is 0 Å². The van der Waals surface area contributed by atoms with Crippen LogP contribution in [0.3, 0.4) is 0 Å². The third kappa shape index (κ3) is 4.34. The molecule has 118 valence electrons. The molecular formula is C17H15ClN2O3. The zero-order chi connectivity index (χ0) is 16.8. The number of primary amides is 1. The van der Waals surface area contributed by atoms with E-state index in [2.05, 4.69) is 5.32 Å². The Morgan fingerprint density at radius 3 is 2.65 bits per heavy atom. The summed E-state index contributed by atoms with van der Waals surface area (Å²) >= 11 is 5.82. The smallest absolute Gasteiger partial charge is 0.250 e. The number of ether oxygens (including phenoxy) is 1. The van der Waals surface area contributed by atoms with E-state index in [4.69, 9.17) is 22.1 Å². The van der Waals surface area contributed by atoms with Gasteiger partial charge in [0, 0.05) is 16.7 Å². The molecule has 0 atom stereocenters. The van der Waals surface area contributed by atoms with Gasteiger partial charge in [-0.25, -0.2) is 0 Å². The van der Waals surface area contributed by atoms with E-state index in [-0.39, 0.29) is 5.56 Å². The quantitative estimate of drug-likeness (QED) is 0.826. The van der Waals surface area contributed by atoms with E-state index in [1.54, 1.807) is 25.3 Å². The number of methoxy groups -OCH3 is 1. The van der Waals surface area contributed by atoms with Crippen LogP contribution in [0, 0.1) is 0 Å². The maximum Gasteiger partial charge on any atom is 0.250 e. The summed E-state index contributed by atoms with van der Waals surface area (Å²) in [7, 11) is 1.56. The third-order valence-electron chi connectivity index (χ3n) is 3.06. The number of rotatable bonds is 5. The minimum atomic E-state index is -0.670. The highest BCUT2D eigenvalue weighted by Gasteiger charge is 2.10. The SMILES string of the molecule is COc1ccccc1/C=C/C(=O)Nc1ccc(Cl)cc1C(N)=O.